The molecule has 0 radical (unpaired) electrons. The summed E-state index contributed by atoms with van der Waals surface area (Å²) < 4.78 is 0. The molecule has 23 heavy (non-hydrogen) atoms. The Labute approximate surface area is 135 Å². The van der Waals surface area contributed by atoms with Crippen molar-refractivity contribution in [2.45, 2.75) is 32.1 Å². The number of nitrogens with zero attached hydrogens (tertiary/aromatic N) is 1. The molecule has 3 heteroatoms. The van der Waals surface area contributed by atoms with Gasteiger partial charge < -0.3 is 4.98 Å². The predicted octanol–water partition coefficient (Wildman–Crippen LogP) is 4.99. The van der Waals surface area contributed by atoms with Gasteiger partial charge in [0.25, 0.3) is 0 Å². The third kappa shape index (κ3) is 2.79. The molecule has 3 aromatic rings. The summed E-state index contributed by atoms with van der Waals surface area (Å²) in [6, 6.07) is 15.9. The largest absolute Gasteiger partial charge is 0.338 e. The van der Waals surface area contributed by atoms with Crippen molar-refractivity contribution in [2.24, 2.45) is 5.92 Å². The monoisotopic (exact) mass is 304 g/mol. The van der Waals surface area contributed by atoms with Crippen LogP contribution in [0.2, 0.25) is 0 Å². The molecule has 1 aliphatic rings. The number of rotatable bonds is 3. The van der Waals surface area contributed by atoms with Crippen LogP contribution in [0.3, 0.4) is 0 Å². The summed E-state index contributed by atoms with van der Waals surface area (Å²) in [5.41, 5.74) is 3.84. The number of carbonyl (C=O) groups excluding carboxylic acids is 1. The van der Waals surface area contributed by atoms with E-state index in [1.165, 1.54) is 19.3 Å². The molecular weight excluding hydrogens is 284 g/mol. The maximum Gasteiger partial charge on any atom is 0.165 e. The van der Waals surface area contributed by atoms with Crippen LogP contribution in [0.4, 0.5) is 0 Å². The van der Waals surface area contributed by atoms with Gasteiger partial charge in [0, 0.05) is 17.0 Å². The summed E-state index contributed by atoms with van der Waals surface area (Å²) in [5, 5.41) is 0. The van der Waals surface area contributed by atoms with Gasteiger partial charge in [-0.05, 0) is 25.0 Å². The summed E-state index contributed by atoms with van der Waals surface area (Å²) in [7, 11) is 0. The zero-order valence-corrected chi connectivity index (χ0v) is 13.1. The van der Waals surface area contributed by atoms with E-state index in [-0.39, 0.29) is 5.92 Å². The van der Waals surface area contributed by atoms with Crippen LogP contribution in [0.1, 0.15) is 42.5 Å². The van der Waals surface area contributed by atoms with Crippen LogP contribution >= 0.6 is 0 Å². The van der Waals surface area contributed by atoms with Crippen LogP contribution in [0.25, 0.3) is 22.4 Å². The molecule has 0 spiro atoms. The van der Waals surface area contributed by atoms with Crippen LogP contribution in [-0.4, -0.2) is 15.8 Å². The molecule has 4 rings (SSSR count). The Hall–Kier alpha value is -2.42. The van der Waals surface area contributed by atoms with Gasteiger partial charge in [-0.3, -0.25) is 4.79 Å². The van der Waals surface area contributed by atoms with Crippen LogP contribution in [0.5, 0.6) is 0 Å². The van der Waals surface area contributed by atoms with Crippen LogP contribution in [0.15, 0.2) is 48.5 Å². The first kappa shape index (κ1) is 14.2. The highest BCUT2D eigenvalue weighted by Gasteiger charge is 2.22. The number of fused-ring (bicyclic) bond motifs is 1. The molecule has 0 amide bonds. The van der Waals surface area contributed by atoms with Crippen molar-refractivity contribution in [1.29, 1.82) is 0 Å². The molecule has 0 bridgehead atoms. The van der Waals surface area contributed by atoms with Crippen LogP contribution in [-0.2, 0) is 0 Å². The van der Waals surface area contributed by atoms with E-state index in [0.717, 1.165) is 40.8 Å². The summed E-state index contributed by atoms with van der Waals surface area (Å²) in [6.07, 6.45) is 5.74. The van der Waals surface area contributed by atoms with Gasteiger partial charge in [-0.15, -0.1) is 0 Å². The molecule has 1 fully saturated rings. The van der Waals surface area contributed by atoms with Crippen molar-refractivity contribution in [1.82, 2.24) is 9.97 Å². The van der Waals surface area contributed by atoms with E-state index in [4.69, 9.17) is 0 Å². The molecule has 0 saturated heterocycles. The van der Waals surface area contributed by atoms with E-state index in [0.29, 0.717) is 5.78 Å². The molecule has 0 aliphatic heterocycles. The van der Waals surface area contributed by atoms with Crippen LogP contribution in [0, 0.1) is 5.92 Å². The van der Waals surface area contributed by atoms with Gasteiger partial charge in [0.15, 0.2) is 5.78 Å². The molecule has 2 aromatic carbocycles. The highest BCUT2D eigenvalue weighted by molar-refractivity contribution is 5.98. The van der Waals surface area contributed by atoms with E-state index in [9.17, 15) is 4.79 Å². The Balaban J connectivity index is 1.58. The number of imidazole rings is 1. The second-order valence-corrected chi connectivity index (χ2v) is 6.38. The SMILES string of the molecule is O=C(c1ccc(-c2nc3ccccc3[nH]2)cc1)C1CCCCC1. The van der Waals surface area contributed by atoms with Crippen molar-refractivity contribution < 1.29 is 4.79 Å². The fraction of sp³-hybridized carbons (Fsp3) is 0.300. The van der Waals surface area contributed by atoms with Crippen molar-refractivity contribution in [2.75, 3.05) is 0 Å². The van der Waals surface area contributed by atoms with Crippen LogP contribution < -0.4 is 0 Å². The lowest BCUT2D eigenvalue weighted by Crippen LogP contribution is -2.17. The van der Waals surface area contributed by atoms with E-state index in [1.807, 2.05) is 48.5 Å². The Kier molecular flexibility index (Phi) is 3.70. The normalized spacial score (nSPS) is 15.8. The molecule has 0 atom stereocenters. The van der Waals surface area contributed by atoms with Crippen molar-refractivity contribution >= 4 is 16.8 Å². The number of aromatic nitrogens is 2. The maximum atomic E-state index is 12.6. The average Bonchev–Trinajstić information content (AvgIpc) is 3.06. The van der Waals surface area contributed by atoms with Crippen molar-refractivity contribution in [3.8, 4) is 11.4 Å². The first-order valence-corrected chi connectivity index (χ1v) is 8.41. The predicted molar refractivity (Wildman–Crippen MR) is 92.4 cm³/mol. The molecule has 1 aromatic heterocycles. The molecule has 1 saturated carbocycles. The van der Waals surface area contributed by atoms with E-state index in [1.54, 1.807) is 0 Å². The number of carbonyl (C=O) groups is 1. The summed E-state index contributed by atoms with van der Waals surface area (Å²) in [5.74, 6) is 1.38. The fourth-order valence-electron chi connectivity index (χ4n) is 3.48. The van der Waals surface area contributed by atoms with Gasteiger partial charge in [-0.25, -0.2) is 4.98 Å². The van der Waals surface area contributed by atoms with Gasteiger partial charge >= 0.3 is 0 Å². The lowest BCUT2D eigenvalue weighted by atomic mass is 9.84. The summed E-state index contributed by atoms with van der Waals surface area (Å²) >= 11 is 0. The third-order valence-electron chi connectivity index (χ3n) is 4.81. The smallest absolute Gasteiger partial charge is 0.165 e. The topological polar surface area (TPSA) is 45.8 Å². The molecular formula is C20H20N2O. The number of hydrogen-bond donors (Lipinski definition) is 1. The Bertz CT molecular complexity index is 793. The van der Waals surface area contributed by atoms with E-state index < -0.39 is 0 Å². The zero-order valence-electron chi connectivity index (χ0n) is 13.1. The zero-order chi connectivity index (χ0) is 15.6. The van der Waals surface area contributed by atoms with Gasteiger partial charge in [0.1, 0.15) is 5.82 Å². The number of hydrogen-bond acceptors (Lipinski definition) is 2. The maximum absolute atomic E-state index is 12.6. The Morgan fingerprint density at radius 2 is 1.70 bits per heavy atom. The number of H-pyrrole nitrogens is 1. The highest BCUT2D eigenvalue weighted by atomic mass is 16.1. The van der Waals surface area contributed by atoms with Gasteiger partial charge in [0.05, 0.1) is 11.0 Å². The molecule has 1 aliphatic carbocycles. The summed E-state index contributed by atoms with van der Waals surface area (Å²) in [6.45, 7) is 0. The summed E-state index contributed by atoms with van der Waals surface area (Å²) in [4.78, 5) is 20.5. The van der Waals surface area contributed by atoms with Gasteiger partial charge in [-0.2, -0.15) is 0 Å². The van der Waals surface area contributed by atoms with Gasteiger partial charge in [0.2, 0.25) is 0 Å². The highest BCUT2D eigenvalue weighted by Crippen LogP contribution is 2.28. The molecule has 0 unspecified atom stereocenters. The quantitative estimate of drug-likeness (QED) is 0.693. The fourth-order valence-corrected chi connectivity index (χ4v) is 3.48. The van der Waals surface area contributed by atoms with Crippen molar-refractivity contribution in [3.05, 3.63) is 54.1 Å². The second kappa shape index (κ2) is 5.99. The lowest BCUT2D eigenvalue weighted by Gasteiger charge is -2.20. The number of para-hydroxylation sites is 2. The third-order valence-corrected chi connectivity index (χ3v) is 4.81. The van der Waals surface area contributed by atoms with E-state index >= 15 is 0 Å². The average molecular weight is 304 g/mol. The standard InChI is InChI=1S/C20H20N2O/c23-19(14-6-2-1-3-7-14)15-10-12-16(13-11-15)20-21-17-8-4-5-9-18(17)22-20/h4-5,8-14H,1-3,6-7H2,(H,21,22). The Morgan fingerprint density at radius 1 is 0.957 bits per heavy atom. The number of nitrogens with one attached hydrogen (secondary N) is 1. The molecule has 1 N–H and O–H groups in total. The number of benzene rings is 2. The first-order valence-electron chi connectivity index (χ1n) is 8.41. The van der Waals surface area contributed by atoms with Crippen molar-refractivity contribution in [3.63, 3.8) is 0 Å². The number of aromatic amines is 1. The Morgan fingerprint density at radius 3 is 2.43 bits per heavy atom. The molecule has 3 nitrogen and oxygen atoms in total. The first-order chi connectivity index (χ1) is 11.3. The minimum absolute atomic E-state index is 0.223. The lowest BCUT2D eigenvalue weighted by molar-refractivity contribution is 0.0889. The minimum Gasteiger partial charge on any atom is -0.338 e. The molecule has 116 valence electrons. The second-order valence-electron chi connectivity index (χ2n) is 6.38. The minimum atomic E-state index is 0.223. The van der Waals surface area contributed by atoms with E-state index in [2.05, 4.69) is 9.97 Å². The number of Topliss-reactive ketones (excluding diaryl/α,β-unsaturated/α-hetero) is 1. The van der Waals surface area contributed by atoms with Gasteiger partial charge in [-0.1, -0.05) is 55.7 Å². The molecule has 1 heterocycles. The number of ketones is 1.